The van der Waals surface area contributed by atoms with E-state index in [2.05, 4.69) is 21.1 Å². The van der Waals surface area contributed by atoms with Gasteiger partial charge in [-0.05, 0) is 31.1 Å². The third-order valence-corrected chi connectivity index (χ3v) is 4.68. The van der Waals surface area contributed by atoms with Gasteiger partial charge in [0.1, 0.15) is 0 Å². The molecule has 1 spiro atoms. The number of anilines is 1. The molecule has 1 saturated carbocycles. The average Bonchev–Trinajstić information content (AvgIpc) is 2.73. The normalized spacial score (nSPS) is 26.7. The van der Waals surface area contributed by atoms with Crippen molar-refractivity contribution in [1.29, 1.82) is 0 Å². The summed E-state index contributed by atoms with van der Waals surface area (Å²) in [5.41, 5.74) is 6.43. The van der Waals surface area contributed by atoms with E-state index in [-0.39, 0.29) is 5.56 Å². The van der Waals surface area contributed by atoms with Crippen molar-refractivity contribution in [3.05, 3.63) is 22.7 Å². The van der Waals surface area contributed by atoms with E-state index in [4.69, 9.17) is 5.73 Å². The zero-order chi connectivity index (χ0) is 12.6. The number of piperidine rings is 1. The maximum Gasteiger partial charge on any atom is 0.291 e. The molecule has 2 fully saturated rings. The standard InChI is InChI=1S/C13H19N4O/c14-10-2-1-3-13(10)4-8-17(9-5-13)11-12(18)16-7-6-15-11/h6,10H,1-5,8-9,14H2,(H,16,18). The number of rotatable bonds is 1. The predicted molar refractivity (Wildman–Crippen MR) is 69.4 cm³/mol. The number of hydrogen-bond donors (Lipinski definition) is 2. The molecule has 0 amide bonds. The second kappa shape index (κ2) is 4.39. The van der Waals surface area contributed by atoms with E-state index in [0.29, 0.717) is 17.3 Å². The van der Waals surface area contributed by atoms with Crippen LogP contribution >= 0.6 is 0 Å². The highest BCUT2D eigenvalue weighted by molar-refractivity contribution is 5.36. The quantitative estimate of drug-likeness (QED) is 0.765. The summed E-state index contributed by atoms with van der Waals surface area (Å²) >= 11 is 0. The summed E-state index contributed by atoms with van der Waals surface area (Å²) in [4.78, 5) is 20.4. The summed E-state index contributed by atoms with van der Waals surface area (Å²) in [6, 6.07) is 0.343. The monoisotopic (exact) mass is 247 g/mol. The zero-order valence-electron chi connectivity index (χ0n) is 10.5. The zero-order valence-corrected chi connectivity index (χ0v) is 10.5. The van der Waals surface area contributed by atoms with Crippen LogP contribution in [0.5, 0.6) is 0 Å². The van der Waals surface area contributed by atoms with Gasteiger partial charge >= 0.3 is 0 Å². The van der Waals surface area contributed by atoms with Crippen LogP contribution < -0.4 is 16.2 Å². The largest absolute Gasteiger partial charge is 0.352 e. The van der Waals surface area contributed by atoms with Crippen LogP contribution in [-0.4, -0.2) is 29.1 Å². The van der Waals surface area contributed by atoms with E-state index in [1.165, 1.54) is 19.0 Å². The number of nitrogens with one attached hydrogen (secondary N) is 1. The Labute approximate surface area is 106 Å². The lowest BCUT2D eigenvalue weighted by molar-refractivity contribution is 0.197. The van der Waals surface area contributed by atoms with Crippen molar-refractivity contribution in [2.45, 2.75) is 38.1 Å². The first-order chi connectivity index (χ1) is 8.71. The first kappa shape index (κ1) is 11.7. The van der Waals surface area contributed by atoms with Gasteiger partial charge in [0.2, 0.25) is 0 Å². The molecule has 5 heteroatoms. The molecular formula is C13H19N4O. The number of nitrogens with zero attached hydrogens (tertiary/aromatic N) is 2. The molecule has 0 aromatic carbocycles. The molecule has 1 unspecified atom stereocenters. The van der Waals surface area contributed by atoms with E-state index >= 15 is 0 Å². The minimum Gasteiger partial charge on any atom is -0.352 e. The minimum absolute atomic E-state index is 0.149. The van der Waals surface area contributed by atoms with Crippen molar-refractivity contribution in [1.82, 2.24) is 9.97 Å². The molecule has 2 aliphatic rings. The molecular weight excluding hydrogens is 228 g/mol. The van der Waals surface area contributed by atoms with Crippen LogP contribution in [0.2, 0.25) is 0 Å². The van der Waals surface area contributed by atoms with Gasteiger partial charge in [0.15, 0.2) is 5.82 Å². The van der Waals surface area contributed by atoms with Crippen molar-refractivity contribution < 1.29 is 0 Å². The first-order valence-electron chi connectivity index (χ1n) is 6.67. The Morgan fingerprint density at radius 3 is 2.83 bits per heavy atom. The summed E-state index contributed by atoms with van der Waals surface area (Å²) in [6.07, 6.45) is 9.92. The van der Waals surface area contributed by atoms with E-state index in [9.17, 15) is 4.79 Å². The predicted octanol–water partition coefficient (Wildman–Crippen LogP) is 0.668. The number of aromatic amines is 1. The van der Waals surface area contributed by atoms with E-state index in [1.807, 2.05) is 0 Å². The lowest BCUT2D eigenvalue weighted by atomic mass is 9.74. The molecule has 2 heterocycles. The van der Waals surface area contributed by atoms with Crippen molar-refractivity contribution >= 4 is 5.82 Å². The van der Waals surface area contributed by atoms with Gasteiger partial charge in [-0.1, -0.05) is 6.42 Å². The molecule has 1 aliphatic carbocycles. The van der Waals surface area contributed by atoms with Gasteiger partial charge in [0.05, 0.1) is 12.4 Å². The minimum atomic E-state index is -0.149. The van der Waals surface area contributed by atoms with Gasteiger partial charge in [-0.15, -0.1) is 0 Å². The molecule has 97 valence electrons. The lowest BCUT2D eigenvalue weighted by Crippen LogP contribution is -2.48. The van der Waals surface area contributed by atoms with Gasteiger partial charge in [-0.25, -0.2) is 4.98 Å². The molecule has 1 aromatic heterocycles. The molecule has 1 saturated heterocycles. The van der Waals surface area contributed by atoms with Gasteiger partial charge in [0.25, 0.3) is 5.56 Å². The van der Waals surface area contributed by atoms with Gasteiger partial charge < -0.3 is 15.6 Å². The maximum atomic E-state index is 11.7. The lowest BCUT2D eigenvalue weighted by Gasteiger charge is -2.42. The Hall–Kier alpha value is -1.36. The second-order valence-electron chi connectivity index (χ2n) is 5.53. The van der Waals surface area contributed by atoms with Crippen LogP contribution in [0.3, 0.4) is 0 Å². The summed E-state index contributed by atoms with van der Waals surface area (Å²) in [5, 5.41) is 0. The highest BCUT2D eigenvalue weighted by atomic mass is 16.1. The van der Waals surface area contributed by atoms with Crippen molar-refractivity contribution in [3.8, 4) is 0 Å². The van der Waals surface area contributed by atoms with E-state index in [1.54, 1.807) is 0 Å². The van der Waals surface area contributed by atoms with Crippen molar-refractivity contribution in [2.75, 3.05) is 18.0 Å². The topological polar surface area (TPSA) is 75.0 Å². The molecule has 3 N–H and O–H groups in total. The average molecular weight is 247 g/mol. The summed E-state index contributed by atoms with van der Waals surface area (Å²) < 4.78 is 0. The Bertz CT molecular complexity index is 476. The molecule has 3 rings (SSSR count). The Balaban J connectivity index is 1.74. The Morgan fingerprint density at radius 1 is 1.44 bits per heavy atom. The first-order valence-corrected chi connectivity index (χ1v) is 6.67. The van der Waals surface area contributed by atoms with Gasteiger partial charge in [0, 0.05) is 19.1 Å². The van der Waals surface area contributed by atoms with E-state index in [0.717, 1.165) is 32.4 Å². The van der Waals surface area contributed by atoms with E-state index < -0.39 is 0 Å². The third kappa shape index (κ3) is 1.82. The van der Waals surface area contributed by atoms with Crippen LogP contribution in [-0.2, 0) is 0 Å². The van der Waals surface area contributed by atoms with Gasteiger partial charge in [-0.2, -0.15) is 0 Å². The highest BCUT2D eigenvalue weighted by Crippen LogP contribution is 2.45. The van der Waals surface area contributed by atoms with Crippen LogP contribution in [0.1, 0.15) is 32.1 Å². The van der Waals surface area contributed by atoms with Gasteiger partial charge in [-0.3, -0.25) is 4.79 Å². The molecule has 5 nitrogen and oxygen atoms in total. The van der Waals surface area contributed by atoms with Crippen LogP contribution in [0.4, 0.5) is 5.82 Å². The summed E-state index contributed by atoms with van der Waals surface area (Å²) in [5.74, 6) is 0.523. The SMILES string of the molecule is NC1CCCC12CCN(c1nc[c][nH]c1=O)CC2. The summed E-state index contributed by atoms with van der Waals surface area (Å²) in [6.45, 7) is 1.77. The maximum absolute atomic E-state index is 11.7. The second-order valence-corrected chi connectivity index (χ2v) is 5.53. The fraction of sp³-hybridized carbons (Fsp3) is 0.692. The fourth-order valence-corrected chi connectivity index (χ4v) is 3.48. The Morgan fingerprint density at radius 2 is 2.22 bits per heavy atom. The number of nitrogens with two attached hydrogens (primary N) is 1. The number of aromatic nitrogens is 2. The third-order valence-electron chi connectivity index (χ3n) is 4.68. The fourth-order valence-electron chi connectivity index (χ4n) is 3.48. The molecule has 1 aromatic rings. The Kier molecular flexibility index (Phi) is 2.86. The summed E-state index contributed by atoms with van der Waals surface area (Å²) in [7, 11) is 0. The number of H-pyrrole nitrogens is 1. The van der Waals surface area contributed by atoms with Crippen LogP contribution in [0.15, 0.2) is 11.0 Å². The molecule has 1 radical (unpaired) electrons. The molecule has 0 bridgehead atoms. The van der Waals surface area contributed by atoms with Crippen molar-refractivity contribution in [3.63, 3.8) is 0 Å². The number of hydrogen-bond acceptors (Lipinski definition) is 4. The molecule has 18 heavy (non-hydrogen) atoms. The van der Waals surface area contributed by atoms with Crippen LogP contribution in [0.25, 0.3) is 0 Å². The van der Waals surface area contributed by atoms with Crippen molar-refractivity contribution in [2.24, 2.45) is 11.1 Å². The molecule has 1 aliphatic heterocycles. The smallest absolute Gasteiger partial charge is 0.291 e. The molecule has 1 atom stereocenters. The highest BCUT2D eigenvalue weighted by Gasteiger charge is 2.43. The van der Waals surface area contributed by atoms with Crippen LogP contribution in [0, 0.1) is 11.6 Å².